The van der Waals surface area contributed by atoms with Crippen LogP contribution < -0.4 is 5.32 Å². The van der Waals surface area contributed by atoms with E-state index in [9.17, 15) is 14.5 Å². The van der Waals surface area contributed by atoms with Crippen LogP contribution in [0.4, 0.5) is 21.6 Å². The Kier molecular flexibility index (Phi) is 3.62. The number of hydrogen-bond donors (Lipinski definition) is 1. The Bertz CT molecular complexity index is 649. The van der Waals surface area contributed by atoms with Crippen molar-refractivity contribution in [3.8, 4) is 0 Å². The lowest BCUT2D eigenvalue weighted by molar-refractivity contribution is -0.384. The van der Waals surface area contributed by atoms with Crippen molar-refractivity contribution in [2.24, 2.45) is 0 Å². The second kappa shape index (κ2) is 5.19. The molecule has 7 heteroatoms. The third-order valence-corrected chi connectivity index (χ3v) is 2.62. The number of nitro groups is 1. The van der Waals surface area contributed by atoms with Crippen molar-refractivity contribution in [1.82, 2.24) is 4.98 Å². The molecule has 0 bridgehead atoms. The van der Waals surface area contributed by atoms with Gasteiger partial charge in [0.25, 0.3) is 0 Å². The second-order valence-electron chi connectivity index (χ2n) is 3.87. The van der Waals surface area contributed by atoms with Crippen LogP contribution in [0, 0.1) is 22.9 Å². The predicted molar refractivity (Wildman–Crippen MR) is 70.3 cm³/mol. The fourth-order valence-corrected chi connectivity index (χ4v) is 1.66. The van der Waals surface area contributed by atoms with Gasteiger partial charge in [0, 0.05) is 6.07 Å². The number of nitrogens with zero attached hydrogens (tertiary/aromatic N) is 2. The Hall–Kier alpha value is -2.21. The van der Waals surface area contributed by atoms with Gasteiger partial charge >= 0.3 is 5.69 Å². The number of benzene rings is 1. The molecule has 1 heterocycles. The Balaban J connectivity index is 2.42. The number of hydrogen-bond acceptors (Lipinski definition) is 4. The molecule has 0 aliphatic rings. The van der Waals surface area contributed by atoms with Crippen molar-refractivity contribution in [3.63, 3.8) is 0 Å². The van der Waals surface area contributed by atoms with Crippen molar-refractivity contribution >= 4 is 28.8 Å². The molecule has 0 atom stereocenters. The van der Waals surface area contributed by atoms with E-state index in [1.54, 1.807) is 13.0 Å². The van der Waals surface area contributed by atoms with Gasteiger partial charge in [-0.05, 0) is 30.7 Å². The van der Waals surface area contributed by atoms with Crippen molar-refractivity contribution < 1.29 is 9.31 Å². The van der Waals surface area contributed by atoms with Gasteiger partial charge in [-0.3, -0.25) is 10.1 Å². The molecular formula is C12H9ClFN3O2. The number of anilines is 2. The van der Waals surface area contributed by atoms with E-state index in [4.69, 9.17) is 11.6 Å². The molecule has 1 aromatic heterocycles. The van der Waals surface area contributed by atoms with Crippen molar-refractivity contribution in [3.05, 3.63) is 57.0 Å². The topological polar surface area (TPSA) is 68.1 Å². The average Bonchev–Trinajstić information content (AvgIpc) is 2.32. The molecule has 1 N–H and O–H groups in total. The fraction of sp³-hybridized carbons (Fsp3) is 0.0833. The van der Waals surface area contributed by atoms with E-state index < -0.39 is 10.7 Å². The van der Waals surface area contributed by atoms with Gasteiger partial charge in [-0.25, -0.2) is 9.37 Å². The van der Waals surface area contributed by atoms with Crippen LogP contribution in [-0.4, -0.2) is 9.91 Å². The minimum absolute atomic E-state index is 0.0839. The van der Waals surface area contributed by atoms with E-state index in [2.05, 4.69) is 10.3 Å². The summed E-state index contributed by atoms with van der Waals surface area (Å²) in [5, 5.41) is 13.5. The molecule has 0 aliphatic heterocycles. The van der Waals surface area contributed by atoms with Gasteiger partial charge in [0.1, 0.15) is 11.0 Å². The number of pyridine rings is 1. The lowest BCUT2D eigenvalue weighted by Gasteiger charge is -2.08. The summed E-state index contributed by atoms with van der Waals surface area (Å²) in [5.74, 6) is -0.615. The van der Waals surface area contributed by atoms with Gasteiger partial charge in [0.15, 0.2) is 0 Å². The molecule has 0 spiro atoms. The largest absolute Gasteiger partial charge is 0.332 e. The summed E-state index contributed by atoms with van der Waals surface area (Å²) in [5.41, 5.74) is 0.574. The predicted octanol–water partition coefficient (Wildman–Crippen LogP) is 3.83. The minimum atomic E-state index is -0.613. The molecule has 0 saturated heterocycles. The molecule has 0 saturated carbocycles. The van der Waals surface area contributed by atoms with Gasteiger partial charge < -0.3 is 5.32 Å². The first-order chi connectivity index (χ1) is 8.97. The monoisotopic (exact) mass is 281 g/mol. The normalized spacial score (nSPS) is 10.3. The zero-order valence-electron chi connectivity index (χ0n) is 9.85. The summed E-state index contributed by atoms with van der Waals surface area (Å²) >= 11 is 5.69. The van der Waals surface area contributed by atoms with Crippen LogP contribution in [0.1, 0.15) is 5.56 Å². The first kappa shape index (κ1) is 13.2. The third-order valence-electron chi connectivity index (χ3n) is 2.41. The minimum Gasteiger partial charge on any atom is -0.332 e. The van der Waals surface area contributed by atoms with Crippen LogP contribution in [-0.2, 0) is 0 Å². The summed E-state index contributed by atoms with van der Waals surface area (Å²) < 4.78 is 13.7. The van der Waals surface area contributed by atoms with Gasteiger partial charge in [0.2, 0.25) is 5.82 Å². The van der Waals surface area contributed by atoms with E-state index in [1.165, 1.54) is 24.3 Å². The maximum atomic E-state index is 13.7. The van der Waals surface area contributed by atoms with Crippen LogP contribution in [0.5, 0.6) is 0 Å². The molecule has 0 aliphatic carbocycles. The second-order valence-corrected chi connectivity index (χ2v) is 4.25. The van der Waals surface area contributed by atoms with Gasteiger partial charge in [-0.1, -0.05) is 17.7 Å². The summed E-state index contributed by atoms with van der Waals surface area (Å²) in [4.78, 5) is 14.0. The van der Waals surface area contributed by atoms with E-state index in [0.29, 0.717) is 0 Å². The zero-order valence-corrected chi connectivity index (χ0v) is 10.6. The first-order valence-electron chi connectivity index (χ1n) is 5.31. The average molecular weight is 282 g/mol. The Morgan fingerprint density at radius 1 is 1.37 bits per heavy atom. The number of halogens is 2. The van der Waals surface area contributed by atoms with Crippen LogP contribution in [0.3, 0.4) is 0 Å². The molecule has 1 aromatic carbocycles. The Morgan fingerprint density at radius 3 is 2.74 bits per heavy atom. The smallest absolute Gasteiger partial charge is 0.311 e. The number of rotatable bonds is 3. The molecule has 0 radical (unpaired) electrons. The lowest BCUT2D eigenvalue weighted by Crippen LogP contribution is -2.01. The van der Waals surface area contributed by atoms with E-state index >= 15 is 0 Å². The highest BCUT2D eigenvalue weighted by atomic mass is 35.5. The molecule has 0 unspecified atom stereocenters. The maximum absolute atomic E-state index is 13.7. The van der Waals surface area contributed by atoms with Crippen molar-refractivity contribution in [1.29, 1.82) is 0 Å². The summed E-state index contributed by atoms with van der Waals surface area (Å²) in [6.07, 6.45) is 0. The SMILES string of the molecule is Cc1ccc(Nc2nc(Cl)ccc2[N+](=O)[O-])c(F)c1. The molecule has 5 nitrogen and oxygen atoms in total. The van der Waals surface area contributed by atoms with Crippen LogP contribution in [0.2, 0.25) is 5.15 Å². The highest BCUT2D eigenvalue weighted by Gasteiger charge is 2.17. The van der Waals surface area contributed by atoms with Crippen LogP contribution in [0.15, 0.2) is 30.3 Å². The summed E-state index contributed by atoms with van der Waals surface area (Å²) in [6, 6.07) is 7.00. The Morgan fingerprint density at radius 2 is 2.11 bits per heavy atom. The molecule has 2 aromatic rings. The highest BCUT2D eigenvalue weighted by molar-refractivity contribution is 6.29. The van der Waals surface area contributed by atoms with Crippen molar-refractivity contribution in [2.45, 2.75) is 6.92 Å². The first-order valence-corrected chi connectivity index (χ1v) is 5.69. The molecule has 0 amide bonds. The van der Waals surface area contributed by atoms with E-state index in [0.717, 1.165) is 5.56 Å². The molecule has 2 rings (SSSR count). The number of aryl methyl sites for hydroxylation is 1. The highest BCUT2D eigenvalue weighted by Crippen LogP contribution is 2.28. The lowest BCUT2D eigenvalue weighted by atomic mass is 10.2. The number of nitrogens with one attached hydrogen (secondary N) is 1. The van der Waals surface area contributed by atoms with E-state index in [1.807, 2.05) is 0 Å². The third kappa shape index (κ3) is 2.97. The Labute approximate surface area is 113 Å². The maximum Gasteiger partial charge on any atom is 0.311 e. The summed E-state index contributed by atoms with van der Waals surface area (Å²) in [6.45, 7) is 1.74. The molecule has 19 heavy (non-hydrogen) atoms. The standard InChI is InChI=1S/C12H9ClFN3O2/c1-7-2-3-9(8(14)6-7)15-12-10(17(18)19)4-5-11(13)16-12/h2-6H,1H3,(H,15,16). The summed E-state index contributed by atoms with van der Waals surface area (Å²) in [7, 11) is 0. The van der Waals surface area contributed by atoms with Gasteiger partial charge in [0.05, 0.1) is 10.6 Å². The van der Waals surface area contributed by atoms with E-state index in [-0.39, 0.29) is 22.3 Å². The zero-order chi connectivity index (χ0) is 14.0. The van der Waals surface area contributed by atoms with Gasteiger partial charge in [-0.2, -0.15) is 0 Å². The molecular weight excluding hydrogens is 273 g/mol. The fourth-order valence-electron chi connectivity index (χ4n) is 1.52. The number of aromatic nitrogens is 1. The molecule has 0 fully saturated rings. The molecule has 98 valence electrons. The van der Waals surface area contributed by atoms with Crippen LogP contribution >= 0.6 is 11.6 Å². The quantitative estimate of drug-likeness (QED) is 0.527. The van der Waals surface area contributed by atoms with Gasteiger partial charge in [-0.15, -0.1) is 0 Å². The van der Waals surface area contributed by atoms with Crippen molar-refractivity contribution in [2.75, 3.05) is 5.32 Å². The van der Waals surface area contributed by atoms with Crippen LogP contribution in [0.25, 0.3) is 0 Å².